The summed E-state index contributed by atoms with van der Waals surface area (Å²) < 4.78 is 0. The maximum atomic E-state index is 10.6. The molecular formula is C9H10N4O4S. The Balaban J connectivity index is 2.99. The Bertz CT molecular complexity index is 518. The van der Waals surface area contributed by atoms with E-state index in [2.05, 4.69) is 15.8 Å². The first-order valence-corrected chi connectivity index (χ1v) is 5.07. The summed E-state index contributed by atoms with van der Waals surface area (Å²) in [7, 11) is 1.59. The molecule has 0 aliphatic rings. The van der Waals surface area contributed by atoms with Crippen LogP contribution in [0.2, 0.25) is 0 Å². The van der Waals surface area contributed by atoms with Gasteiger partial charge < -0.3 is 15.5 Å². The SMILES string of the molecule is CNC(=S)N/N=C/c1cc([N+](=O)[O-])c(O)cc1O. The van der Waals surface area contributed by atoms with Gasteiger partial charge >= 0.3 is 5.69 Å². The topological polar surface area (TPSA) is 120 Å². The van der Waals surface area contributed by atoms with Crippen LogP contribution in [0.1, 0.15) is 5.56 Å². The van der Waals surface area contributed by atoms with Crippen molar-refractivity contribution in [3.05, 3.63) is 27.8 Å². The summed E-state index contributed by atoms with van der Waals surface area (Å²) in [6.07, 6.45) is 1.14. The van der Waals surface area contributed by atoms with Crippen LogP contribution in [0.4, 0.5) is 5.69 Å². The predicted octanol–water partition coefficient (Wildman–Crippen LogP) is 0.434. The highest BCUT2D eigenvalue weighted by Gasteiger charge is 2.16. The number of nitro groups is 1. The van der Waals surface area contributed by atoms with E-state index in [-0.39, 0.29) is 16.4 Å². The molecule has 0 aliphatic heterocycles. The molecule has 0 fully saturated rings. The van der Waals surface area contributed by atoms with Crippen molar-refractivity contribution in [2.24, 2.45) is 5.10 Å². The van der Waals surface area contributed by atoms with Crippen LogP contribution in [-0.4, -0.2) is 33.5 Å². The van der Waals surface area contributed by atoms with E-state index >= 15 is 0 Å². The summed E-state index contributed by atoms with van der Waals surface area (Å²) >= 11 is 4.74. The Morgan fingerprint density at radius 3 is 2.72 bits per heavy atom. The van der Waals surface area contributed by atoms with Gasteiger partial charge in [-0.2, -0.15) is 5.10 Å². The predicted molar refractivity (Wildman–Crippen MR) is 68.8 cm³/mol. The number of phenols is 2. The normalized spacial score (nSPS) is 10.3. The number of thiocarbonyl (C=S) groups is 1. The van der Waals surface area contributed by atoms with Gasteiger partial charge in [-0.15, -0.1) is 0 Å². The monoisotopic (exact) mass is 270 g/mol. The summed E-state index contributed by atoms with van der Waals surface area (Å²) in [6, 6.07) is 1.87. The van der Waals surface area contributed by atoms with Crippen molar-refractivity contribution < 1.29 is 15.1 Å². The van der Waals surface area contributed by atoms with E-state index in [0.717, 1.165) is 18.3 Å². The summed E-state index contributed by atoms with van der Waals surface area (Å²) in [4.78, 5) is 9.82. The molecule has 0 radical (unpaired) electrons. The Kier molecular flexibility index (Phi) is 4.38. The molecule has 0 aromatic heterocycles. The summed E-state index contributed by atoms with van der Waals surface area (Å²) in [5, 5.41) is 35.8. The highest BCUT2D eigenvalue weighted by molar-refractivity contribution is 7.80. The zero-order valence-electron chi connectivity index (χ0n) is 9.25. The van der Waals surface area contributed by atoms with Gasteiger partial charge in [0, 0.05) is 24.7 Å². The molecule has 0 saturated heterocycles. The van der Waals surface area contributed by atoms with Crippen molar-refractivity contribution in [2.75, 3.05) is 7.05 Å². The largest absolute Gasteiger partial charge is 0.507 e. The Morgan fingerprint density at radius 2 is 2.17 bits per heavy atom. The van der Waals surface area contributed by atoms with Crippen LogP contribution in [0.25, 0.3) is 0 Å². The van der Waals surface area contributed by atoms with E-state index in [1.165, 1.54) is 0 Å². The minimum Gasteiger partial charge on any atom is -0.507 e. The first-order valence-electron chi connectivity index (χ1n) is 4.67. The van der Waals surface area contributed by atoms with E-state index in [0.29, 0.717) is 0 Å². The molecule has 9 heteroatoms. The lowest BCUT2D eigenvalue weighted by molar-refractivity contribution is -0.385. The fourth-order valence-corrected chi connectivity index (χ4v) is 1.10. The van der Waals surface area contributed by atoms with Crippen LogP contribution < -0.4 is 10.7 Å². The average Bonchev–Trinajstić information content (AvgIpc) is 2.31. The second kappa shape index (κ2) is 5.77. The van der Waals surface area contributed by atoms with Crippen LogP contribution in [0.3, 0.4) is 0 Å². The van der Waals surface area contributed by atoms with Crippen LogP contribution in [0, 0.1) is 10.1 Å². The number of phenolic OH excluding ortho intramolecular Hbond substituents is 2. The smallest absolute Gasteiger partial charge is 0.311 e. The van der Waals surface area contributed by atoms with Gasteiger partial charge in [0.25, 0.3) is 0 Å². The zero-order valence-corrected chi connectivity index (χ0v) is 10.1. The number of benzene rings is 1. The Morgan fingerprint density at radius 1 is 1.50 bits per heavy atom. The summed E-state index contributed by atoms with van der Waals surface area (Å²) in [6.45, 7) is 0. The number of nitrogens with one attached hydrogen (secondary N) is 2. The van der Waals surface area contributed by atoms with Crippen molar-refractivity contribution >= 4 is 29.2 Å². The molecule has 18 heavy (non-hydrogen) atoms. The molecule has 0 bridgehead atoms. The van der Waals surface area contributed by atoms with Crippen molar-refractivity contribution in [1.29, 1.82) is 0 Å². The lowest BCUT2D eigenvalue weighted by Crippen LogP contribution is -2.28. The fourth-order valence-electron chi connectivity index (χ4n) is 1.05. The lowest BCUT2D eigenvalue weighted by Gasteiger charge is -2.02. The molecule has 0 spiro atoms. The van der Waals surface area contributed by atoms with Gasteiger partial charge in [-0.3, -0.25) is 15.5 Å². The molecule has 0 unspecified atom stereocenters. The number of hydrazone groups is 1. The van der Waals surface area contributed by atoms with Gasteiger partial charge in [0.2, 0.25) is 0 Å². The minimum atomic E-state index is -0.766. The van der Waals surface area contributed by atoms with E-state index < -0.39 is 16.4 Å². The summed E-state index contributed by atoms with van der Waals surface area (Å²) in [5.41, 5.74) is 1.97. The van der Waals surface area contributed by atoms with Gasteiger partial charge in [0.1, 0.15) is 5.75 Å². The van der Waals surface area contributed by atoms with Crippen molar-refractivity contribution in [3.8, 4) is 11.5 Å². The Hall–Kier alpha value is -2.42. The second-order valence-corrected chi connectivity index (χ2v) is 3.51. The number of nitrogens with zero attached hydrogens (tertiary/aromatic N) is 2. The van der Waals surface area contributed by atoms with Crippen LogP contribution >= 0.6 is 12.2 Å². The van der Waals surface area contributed by atoms with Crippen molar-refractivity contribution in [2.45, 2.75) is 0 Å². The molecule has 8 nitrogen and oxygen atoms in total. The highest BCUT2D eigenvalue weighted by Crippen LogP contribution is 2.31. The van der Waals surface area contributed by atoms with Gasteiger partial charge in [0.15, 0.2) is 10.9 Å². The van der Waals surface area contributed by atoms with Crippen LogP contribution in [0.5, 0.6) is 11.5 Å². The molecule has 0 aliphatic carbocycles. The number of rotatable bonds is 3. The summed E-state index contributed by atoms with van der Waals surface area (Å²) in [5.74, 6) is -0.951. The molecule has 0 amide bonds. The Labute approximate surface area is 107 Å². The molecule has 96 valence electrons. The highest BCUT2D eigenvalue weighted by atomic mass is 32.1. The lowest BCUT2D eigenvalue weighted by atomic mass is 10.2. The van der Waals surface area contributed by atoms with E-state index in [9.17, 15) is 20.3 Å². The van der Waals surface area contributed by atoms with Gasteiger partial charge in [-0.05, 0) is 12.2 Å². The third-order valence-corrected chi connectivity index (χ3v) is 2.21. The van der Waals surface area contributed by atoms with Crippen LogP contribution in [-0.2, 0) is 0 Å². The first kappa shape index (κ1) is 13.6. The van der Waals surface area contributed by atoms with Gasteiger partial charge in [-0.1, -0.05) is 0 Å². The first-order chi connectivity index (χ1) is 8.45. The molecular weight excluding hydrogens is 260 g/mol. The molecule has 0 saturated carbocycles. The average molecular weight is 270 g/mol. The number of nitro benzene ring substituents is 1. The second-order valence-electron chi connectivity index (χ2n) is 3.11. The molecule has 1 aromatic carbocycles. The van der Waals surface area contributed by atoms with E-state index in [4.69, 9.17) is 12.2 Å². The molecule has 1 aromatic rings. The standard InChI is InChI=1S/C9H10N4O4S/c1-10-9(18)12-11-4-5-2-6(13(16)17)8(15)3-7(5)14/h2-4,14-15H,1H3,(H2,10,12,18)/b11-4+. The quantitative estimate of drug-likeness (QED) is 0.272. The maximum absolute atomic E-state index is 10.6. The molecule has 1 rings (SSSR count). The molecule has 0 heterocycles. The minimum absolute atomic E-state index is 0.0749. The fraction of sp³-hybridized carbons (Fsp3) is 0.111. The molecule has 4 N–H and O–H groups in total. The van der Waals surface area contributed by atoms with Gasteiger partial charge in [0.05, 0.1) is 11.1 Å². The van der Waals surface area contributed by atoms with Crippen molar-refractivity contribution in [1.82, 2.24) is 10.7 Å². The van der Waals surface area contributed by atoms with Gasteiger partial charge in [-0.25, -0.2) is 0 Å². The van der Waals surface area contributed by atoms with E-state index in [1.807, 2.05) is 0 Å². The third-order valence-electron chi connectivity index (χ3n) is 1.92. The number of hydrogen-bond acceptors (Lipinski definition) is 6. The number of hydrogen-bond donors (Lipinski definition) is 4. The maximum Gasteiger partial charge on any atom is 0.311 e. The molecule has 0 atom stereocenters. The number of aromatic hydroxyl groups is 2. The van der Waals surface area contributed by atoms with Crippen molar-refractivity contribution in [3.63, 3.8) is 0 Å². The zero-order chi connectivity index (χ0) is 13.7. The third kappa shape index (κ3) is 3.28. The van der Waals surface area contributed by atoms with E-state index in [1.54, 1.807) is 7.05 Å². The van der Waals surface area contributed by atoms with Crippen LogP contribution in [0.15, 0.2) is 17.2 Å².